The van der Waals surface area contributed by atoms with Gasteiger partial charge in [-0.25, -0.2) is 8.42 Å². The molecule has 0 aromatic heterocycles. The summed E-state index contributed by atoms with van der Waals surface area (Å²) in [4.78, 5) is 23.8. The summed E-state index contributed by atoms with van der Waals surface area (Å²) in [5.74, 6) is 0.210. The first kappa shape index (κ1) is 20.0. The fourth-order valence-electron chi connectivity index (χ4n) is 2.62. The van der Waals surface area contributed by atoms with Crippen molar-refractivity contribution in [2.45, 2.75) is 32.8 Å². The summed E-state index contributed by atoms with van der Waals surface area (Å²) in [5, 5.41) is 0. The van der Waals surface area contributed by atoms with Gasteiger partial charge < -0.3 is 9.47 Å². The van der Waals surface area contributed by atoms with Crippen LogP contribution in [0.5, 0.6) is 11.5 Å². The number of carbonyl (C=O) groups is 2. The van der Waals surface area contributed by atoms with Crippen LogP contribution < -0.4 is 20.3 Å². The SMILES string of the molecule is CCOc1ccc(O[C@@H](C)C(=O)NNC(=O)C[C@@H]2CCS(=O)(=O)C2)cc1. The average molecular weight is 384 g/mol. The van der Waals surface area contributed by atoms with Crippen LogP contribution in [-0.2, 0) is 19.4 Å². The Labute approximate surface area is 153 Å². The molecule has 144 valence electrons. The smallest absolute Gasteiger partial charge is 0.279 e. The molecule has 1 aromatic carbocycles. The van der Waals surface area contributed by atoms with E-state index in [-0.39, 0.29) is 23.8 Å². The van der Waals surface area contributed by atoms with Crippen molar-refractivity contribution in [1.82, 2.24) is 10.9 Å². The van der Waals surface area contributed by atoms with Crippen LogP contribution in [0.2, 0.25) is 0 Å². The number of hydrazine groups is 1. The van der Waals surface area contributed by atoms with Crippen LogP contribution in [0.1, 0.15) is 26.7 Å². The highest BCUT2D eigenvalue weighted by atomic mass is 32.2. The first-order valence-electron chi connectivity index (χ1n) is 8.47. The second kappa shape index (κ2) is 8.88. The van der Waals surface area contributed by atoms with Gasteiger partial charge in [0.2, 0.25) is 5.91 Å². The van der Waals surface area contributed by atoms with Crippen LogP contribution in [0.3, 0.4) is 0 Å². The molecule has 2 amide bonds. The maximum atomic E-state index is 12.0. The van der Waals surface area contributed by atoms with Crippen LogP contribution >= 0.6 is 0 Å². The van der Waals surface area contributed by atoms with Crippen molar-refractivity contribution in [1.29, 1.82) is 0 Å². The van der Waals surface area contributed by atoms with Crippen molar-refractivity contribution in [3.05, 3.63) is 24.3 Å². The van der Waals surface area contributed by atoms with E-state index >= 15 is 0 Å². The highest BCUT2D eigenvalue weighted by Crippen LogP contribution is 2.21. The summed E-state index contributed by atoms with van der Waals surface area (Å²) < 4.78 is 33.6. The molecule has 0 unspecified atom stereocenters. The Morgan fingerprint density at radius 3 is 2.42 bits per heavy atom. The Morgan fingerprint density at radius 2 is 1.85 bits per heavy atom. The van der Waals surface area contributed by atoms with Crippen molar-refractivity contribution in [2.75, 3.05) is 18.1 Å². The van der Waals surface area contributed by atoms with Gasteiger partial charge in [0.05, 0.1) is 18.1 Å². The van der Waals surface area contributed by atoms with E-state index in [0.717, 1.165) is 0 Å². The van der Waals surface area contributed by atoms with E-state index in [1.807, 2.05) is 6.92 Å². The fourth-order valence-corrected chi connectivity index (χ4v) is 4.48. The van der Waals surface area contributed by atoms with Gasteiger partial charge in [-0.15, -0.1) is 0 Å². The monoisotopic (exact) mass is 384 g/mol. The van der Waals surface area contributed by atoms with Gasteiger partial charge in [-0.1, -0.05) is 0 Å². The zero-order valence-corrected chi connectivity index (χ0v) is 15.7. The predicted molar refractivity (Wildman–Crippen MR) is 95.4 cm³/mol. The predicted octanol–water partition coefficient (Wildman–Crippen LogP) is 0.825. The van der Waals surface area contributed by atoms with Crippen molar-refractivity contribution in [2.24, 2.45) is 5.92 Å². The summed E-state index contributed by atoms with van der Waals surface area (Å²) in [6.07, 6.45) is -0.283. The first-order chi connectivity index (χ1) is 12.3. The summed E-state index contributed by atoms with van der Waals surface area (Å²) in [6, 6.07) is 6.85. The Balaban J connectivity index is 1.73. The van der Waals surface area contributed by atoms with E-state index in [1.165, 1.54) is 0 Å². The third-order valence-electron chi connectivity index (χ3n) is 3.94. The molecule has 26 heavy (non-hydrogen) atoms. The summed E-state index contributed by atoms with van der Waals surface area (Å²) in [6.45, 7) is 4.00. The average Bonchev–Trinajstić information content (AvgIpc) is 2.93. The molecule has 8 nitrogen and oxygen atoms in total. The Bertz CT molecular complexity index is 732. The summed E-state index contributed by atoms with van der Waals surface area (Å²) >= 11 is 0. The highest BCUT2D eigenvalue weighted by molar-refractivity contribution is 7.91. The van der Waals surface area contributed by atoms with Gasteiger partial charge in [0.15, 0.2) is 15.9 Å². The lowest BCUT2D eigenvalue weighted by Gasteiger charge is -2.16. The minimum absolute atomic E-state index is 0.0195. The second-order valence-corrected chi connectivity index (χ2v) is 8.40. The largest absolute Gasteiger partial charge is 0.494 e. The van der Waals surface area contributed by atoms with E-state index in [9.17, 15) is 18.0 Å². The Morgan fingerprint density at radius 1 is 1.19 bits per heavy atom. The van der Waals surface area contributed by atoms with Crippen LogP contribution in [0.25, 0.3) is 0 Å². The van der Waals surface area contributed by atoms with Crippen LogP contribution in [0.4, 0.5) is 0 Å². The summed E-state index contributed by atoms with van der Waals surface area (Å²) in [7, 11) is -3.02. The third kappa shape index (κ3) is 6.21. The molecule has 1 fully saturated rings. The van der Waals surface area contributed by atoms with E-state index in [0.29, 0.717) is 24.5 Å². The Hall–Kier alpha value is -2.29. The number of nitrogens with one attached hydrogen (secondary N) is 2. The van der Waals surface area contributed by atoms with Gasteiger partial charge in [-0.2, -0.15) is 0 Å². The molecule has 0 aliphatic carbocycles. The van der Waals surface area contributed by atoms with Gasteiger partial charge >= 0.3 is 0 Å². The van der Waals surface area contributed by atoms with Gasteiger partial charge in [-0.05, 0) is 50.5 Å². The zero-order chi connectivity index (χ0) is 19.2. The van der Waals surface area contributed by atoms with Crippen LogP contribution in [-0.4, -0.2) is 44.4 Å². The molecule has 0 saturated carbocycles. The number of carbonyl (C=O) groups excluding carboxylic acids is 2. The summed E-state index contributed by atoms with van der Waals surface area (Å²) in [5.41, 5.74) is 4.59. The molecule has 2 N–H and O–H groups in total. The minimum atomic E-state index is -3.02. The van der Waals surface area contributed by atoms with E-state index in [4.69, 9.17) is 9.47 Å². The molecular formula is C17H24N2O6S. The molecular weight excluding hydrogens is 360 g/mol. The molecule has 1 saturated heterocycles. The highest BCUT2D eigenvalue weighted by Gasteiger charge is 2.29. The van der Waals surface area contributed by atoms with E-state index in [1.54, 1.807) is 31.2 Å². The maximum absolute atomic E-state index is 12.0. The molecule has 2 atom stereocenters. The topological polar surface area (TPSA) is 111 Å². The van der Waals surface area contributed by atoms with E-state index < -0.39 is 27.8 Å². The number of benzene rings is 1. The molecule has 9 heteroatoms. The van der Waals surface area contributed by atoms with Crippen molar-refractivity contribution in [3.63, 3.8) is 0 Å². The van der Waals surface area contributed by atoms with Crippen LogP contribution in [0.15, 0.2) is 24.3 Å². The van der Waals surface area contributed by atoms with Gasteiger partial charge in [-0.3, -0.25) is 20.4 Å². The van der Waals surface area contributed by atoms with Gasteiger partial charge in [0, 0.05) is 6.42 Å². The van der Waals surface area contributed by atoms with Crippen molar-refractivity contribution in [3.8, 4) is 11.5 Å². The van der Waals surface area contributed by atoms with Gasteiger partial charge in [0.25, 0.3) is 5.91 Å². The van der Waals surface area contributed by atoms with E-state index in [2.05, 4.69) is 10.9 Å². The lowest BCUT2D eigenvalue weighted by molar-refractivity contribution is -0.133. The molecule has 1 aliphatic heterocycles. The number of ether oxygens (including phenoxy) is 2. The normalized spacial score (nSPS) is 19.4. The minimum Gasteiger partial charge on any atom is -0.494 e. The van der Waals surface area contributed by atoms with Crippen molar-refractivity contribution < 1.29 is 27.5 Å². The Kier molecular flexibility index (Phi) is 6.84. The number of rotatable bonds is 7. The molecule has 0 bridgehead atoms. The number of sulfone groups is 1. The molecule has 0 radical (unpaired) electrons. The van der Waals surface area contributed by atoms with Crippen LogP contribution in [0, 0.1) is 5.92 Å². The molecule has 1 aromatic rings. The van der Waals surface area contributed by atoms with Gasteiger partial charge in [0.1, 0.15) is 11.5 Å². The quantitative estimate of drug-likeness (QED) is 0.674. The fraction of sp³-hybridized carbons (Fsp3) is 0.529. The van der Waals surface area contributed by atoms with Crippen molar-refractivity contribution >= 4 is 21.7 Å². The molecule has 2 rings (SSSR count). The lowest BCUT2D eigenvalue weighted by Crippen LogP contribution is -2.47. The molecule has 0 spiro atoms. The number of amides is 2. The maximum Gasteiger partial charge on any atom is 0.279 e. The standard InChI is InChI=1S/C17H24N2O6S/c1-3-24-14-4-6-15(7-5-14)25-12(2)17(21)19-18-16(20)10-13-8-9-26(22,23)11-13/h4-7,12-13H,3,8-11H2,1-2H3,(H,18,20)(H,19,21)/t12-,13-/m0/s1. The zero-order valence-electron chi connectivity index (χ0n) is 14.9. The third-order valence-corrected chi connectivity index (χ3v) is 5.78. The number of hydrogen-bond acceptors (Lipinski definition) is 6. The number of hydrogen-bond donors (Lipinski definition) is 2. The molecule has 1 aliphatic rings. The second-order valence-electron chi connectivity index (χ2n) is 6.18. The lowest BCUT2D eigenvalue weighted by atomic mass is 10.1. The first-order valence-corrected chi connectivity index (χ1v) is 10.3. The molecule has 1 heterocycles.